The van der Waals surface area contributed by atoms with Crippen LogP contribution in [0.5, 0.6) is 0 Å². The van der Waals surface area contributed by atoms with Gasteiger partial charge in [0, 0.05) is 0 Å². The first-order valence-corrected chi connectivity index (χ1v) is 2.36. The predicted molar refractivity (Wildman–Crippen MR) is 28.3 cm³/mol. The molecule has 0 unspecified atom stereocenters. The molecule has 9 heavy (non-hydrogen) atoms. The van der Waals surface area contributed by atoms with Crippen LogP contribution in [0.2, 0.25) is 0 Å². The van der Waals surface area contributed by atoms with Crippen LogP contribution in [0.3, 0.4) is 0 Å². The summed E-state index contributed by atoms with van der Waals surface area (Å²) in [6.07, 6.45) is 4.00. The van der Waals surface area contributed by atoms with Crippen molar-refractivity contribution >= 4 is 11.3 Å². The molecule has 5 nitrogen and oxygen atoms in total. The van der Waals surface area contributed by atoms with Gasteiger partial charge in [0.2, 0.25) is 5.65 Å². The Kier molecular flexibility index (Phi) is 0.717. The molecular weight excluding hydrogens is 118 g/mol. The molecule has 0 saturated carbocycles. The van der Waals surface area contributed by atoms with Gasteiger partial charge in [-0.1, -0.05) is 5.21 Å². The Labute approximate surface area is 50.1 Å². The minimum absolute atomic E-state index is 0.498. The van der Waals surface area contributed by atoms with Crippen LogP contribution in [0.25, 0.3) is 11.3 Å². The Hall–Kier alpha value is -1.52. The van der Waals surface area contributed by atoms with Crippen molar-refractivity contribution in [1.82, 2.24) is 25.4 Å². The fraction of sp³-hybridized carbons (Fsp3) is 0. The van der Waals surface area contributed by atoms with Gasteiger partial charge in [-0.25, -0.2) is 15.1 Å². The summed E-state index contributed by atoms with van der Waals surface area (Å²) in [6, 6.07) is 0. The van der Waals surface area contributed by atoms with E-state index in [9.17, 15) is 0 Å². The maximum absolute atomic E-state index is 3.84. The average Bonchev–Trinajstić information content (AvgIpc) is 2.33. The molecular formula is C4H2N5. The Balaban J connectivity index is 2.95. The predicted octanol–water partition coefficient (Wildman–Crippen LogP) is -0.452. The number of nitrogens with zero attached hydrogens (tertiary/aromatic N) is 4. The standard InChI is InChI=1S/C4H2N5/c1-2-6-4-3(5-1)7-9-8-4/h1H,(H,5,6,7,8,9). The van der Waals surface area contributed by atoms with Crippen LogP contribution in [0, 0.1) is 6.20 Å². The lowest BCUT2D eigenvalue weighted by atomic mass is 10.7. The third-order valence-electron chi connectivity index (χ3n) is 0.934. The van der Waals surface area contributed by atoms with Gasteiger partial charge in [-0.15, -0.1) is 5.10 Å². The summed E-state index contributed by atoms with van der Waals surface area (Å²) < 4.78 is 0. The van der Waals surface area contributed by atoms with Gasteiger partial charge in [-0.2, -0.15) is 0 Å². The Bertz CT molecular complexity index is 283. The zero-order valence-electron chi connectivity index (χ0n) is 4.37. The summed E-state index contributed by atoms with van der Waals surface area (Å²) in [4.78, 5) is 7.59. The van der Waals surface area contributed by atoms with Crippen LogP contribution in [0.15, 0.2) is 6.20 Å². The fourth-order valence-corrected chi connectivity index (χ4v) is 0.562. The van der Waals surface area contributed by atoms with Gasteiger partial charge in [-0.3, -0.25) is 0 Å². The van der Waals surface area contributed by atoms with Crippen molar-refractivity contribution in [1.29, 1.82) is 0 Å². The molecule has 2 rings (SSSR count). The van der Waals surface area contributed by atoms with Crippen LogP contribution in [-0.2, 0) is 0 Å². The molecule has 0 spiro atoms. The molecule has 0 aliphatic heterocycles. The number of aromatic nitrogens is 5. The van der Waals surface area contributed by atoms with Crippen molar-refractivity contribution < 1.29 is 0 Å². The van der Waals surface area contributed by atoms with Crippen molar-refractivity contribution in [2.75, 3.05) is 0 Å². The molecule has 0 amide bonds. The van der Waals surface area contributed by atoms with E-state index < -0.39 is 0 Å². The minimum Gasteiger partial charge on any atom is -0.239 e. The molecule has 0 aliphatic rings. The highest BCUT2D eigenvalue weighted by Gasteiger charge is 1.94. The van der Waals surface area contributed by atoms with Gasteiger partial charge >= 0.3 is 0 Å². The zero-order chi connectivity index (χ0) is 6.10. The second-order valence-corrected chi connectivity index (χ2v) is 1.48. The minimum atomic E-state index is 0.498. The molecule has 0 aliphatic carbocycles. The largest absolute Gasteiger partial charge is 0.239 e. The highest BCUT2D eigenvalue weighted by Crippen LogP contribution is 1.94. The summed E-state index contributed by atoms with van der Waals surface area (Å²) in [5, 5.41) is 9.65. The van der Waals surface area contributed by atoms with E-state index >= 15 is 0 Å². The first-order chi connectivity index (χ1) is 4.47. The Morgan fingerprint density at radius 1 is 1.56 bits per heavy atom. The molecule has 0 fully saturated rings. The monoisotopic (exact) mass is 120 g/mol. The number of H-pyrrole nitrogens is 1. The van der Waals surface area contributed by atoms with Crippen LogP contribution >= 0.6 is 0 Å². The Morgan fingerprint density at radius 2 is 2.56 bits per heavy atom. The third kappa shape index (κ3) is 0.543. The molecule has 2 aromatic rings. The van der Waals surface area contributed by atoms with Gasteiger partial charge in [-0.05, 0) is 0 Å². The second-order valence-electron chi connectivity index (χ2n) is 1.48. The van der Waals surface area contributed by atoms with E-state index in [1.54, 1.807) is 0 Å². The molecule has 0 atom stereocenters. The van der Waals surface area contributed by atoms with Gasteiger partial charge in [0.25, 0.3) is 0 Å². The Morgan fingerprint density at radius 3 is 3.44 bits per heavy atom. The average molecular weight is 120 g/mol. The number of nitrogens with one attached hydrogen (secondary N) is 1. The smallest absolute Gasteiger partial charge is 0.221 e. The van der Waals surface area contributed by atoms with Gasteiger partial charge in [0.15, 0.2) is 5.65 Å². The van der Waals surface area contributed by atoms with Gasteiger partial charge in [0.05, 0.1) is 6.20 Å². The molecule has 2 aromatic heterocycles. The molecule has 1 radical (unpaired) electrons. The van der Waals surface area contributed by atoms with E-state index in [2.05, 4.69) is 31.6 Å². The lowest BCUT2D eigenvalue weighted by molar-refractivity contribution is 0.951. The highest BCUT2D eigenvalue weighted by molar-refractivity contribution is 5.61. The fourth-order valence-electron chi connectivity index (χ4n) is 0.562. The molecule has 2 heterocycles. The maximum Gasteiger partial charge on any atom is 0.221 e. The summed E-state index contributed by atoms with van der Waals surface area (Å²) in [5.41, 5.74) is 1.09. The number of fused-ring (bicyclic) bond motifs is 1. The van der Waals surface area contributed by atoms with Crippen molar-refractivity contribution in [2.45, 2.75) is 0 Å². The molecule has 0 aromatic carbocycles. The number of aromatic amines is 1. The van der Waals surface area contributed by atoms with Crippen LogP contribution in [-0.4, -0.2) is 25.4 Å². The van der Waals surface area contributed by atoms with Crippen molar-refractivity contribution in [3.63, 3.8) is 0 Å². The van der Waals surface area contributed by atoms with Crippen LogP contribution < -0.4 is 0 Å². The normalized spacial score (nSPS) is 10.2. The maximum atomic E-state index is 3.84. The molecule has 43 valence electrons. The van der Waals surface area contributed by atoms with Crippen molar-refractivity contribution in [2.24, 2.45) is 0 Å². The van der Waals surface area contributed by atoms with Gasteiger partial charge in [0.1, 0.15) is 6.20 Å². The van der Waals surface area contributed by atoms with E-state index in [4.69, 9.17) is 0 Å². The molecule has 0 bridgehead atoms. The first-order valence-electron chi connectivity index (χ1n) is 2.36. The van der Waals surface area contributed by atoms with E-state index in [-0.39, 0.29) is 0 Å². The van der Waals surface area contributed by atoms with E-state index in [1.807, 2.05) is 0 Å². The quantitative estimate of drug-likeness (QED) is 0.511. The van der Waals surface area contributed by atoms with E-state index in [1.165, 1.54) is 6.20 Å². The first kappa shape index (κ1) is 4.37. The van der Waals surface area contributed by atoms with E-state index in [0.29, 0.717) is 11.3 Å². The zero-order valence-corrected chi connectivity index (χ0v) is 4.37. The molecule has 5 heteroatoms. The van der Waals surface area contributed by atoms with E-state index in [0.717, 1.165) is 0 Å². The topological polar surface area (TPSA) is 67.3 Å². The summed E-state index contributed by atoms with van der Waals surface area (Å²) >= 11 is 0. The third-order valence-corrected chi connectivity index (χ3v) is 0.934. The van der Waals surface area contributed by atoms with Crippen LogP contribution in [0.1, 0.15) is 0 Å². The highest BCUT2D eigenvalue weighted by atomic mass is 15.4. The molecule has 0 saturated heterocycles. The number of hydrogen-bond acceptors (Lipinski definition) is 4. The van der Waals surface area contributed by atoms with Crippen molar-refractivity contribution in [3.8, 4) is 0 Å². The van der Waals surface area contributed by atoms with Gasteiger partial charge < -0.3 is 0 Å². The summed E-state index contributed by atoms with van der Waals surface area (Å²) in [5.74, 6) is 0. The number of hydrogen-bond donors (Lipinski definition) is 1. The SMILES string of the molecule is [c]1cnc2[nH]nnc2n1. The van der Waals surface area contributed by atoms with Crippen molar-refractivity contribution in [3.05, 3.63) is 12.4 Å². The lowest BCUT2D eigenvalue weighted by Gasteiger charge is -1.77. The summed E-state index contributed by atoms with van der Waals surface area (Å²) in [6.45, 7) is 0. The lowest BCUT2D eigenvalue weighted by Crippen LogP contribution is -1.78. The number of rotatable bonds is 0. The second kappa shape index (κ2) is 1.48. The van der Waals surface area contributed by atoms with Crippen LogP contribution in [0.4, 0.5) is 0 Å². The molecule has 1 N–H and O–H groups in total. The summed E-state index contributed by atoms with van der Waals surface area (Å²) in [7, 11) is 0.